The normalized spacial score (nSPS) is 14.1. The zero-order chi connectivity index (χ0) is 13.5. The second-order valence-electron chi connectivity index (χ2n) is 5.04. The molecule has 98 valence electrons. The Morgan fingerprint density at radius 1 is 1.00 bits per heavy atom. The summed E-state index contributed by atoms with van der Waals surface area (Å²) in [4.78, 5) is 12.5. The number of hydrogen-bond donors (Lipinski definition) is 1. The van der Waals surface area contributed by atoms with Crippen LogP contribution in [0.5, 0.6) is 0 Å². The summed E-state index contributed by atoms with van der Waals surface area (Å²) in [7, 11) is 0. The number of rotatable bonds is 1. The molecule has 4 rings (SSSR count). The summed E-state index contributed by atoms with van der Waals surface area (Å²) < 4.78 is 1.86. The number of carbonyl (C=O) groups excluding carboxylic acids is 1. The van der Waals surface area contributed by atoms with Crippen LogP contribution in [0.3, 0.4) is 0 Å². The summed E-state index contributed by atoms with van der Waals surface area (Å²) >= 11 is 0. The predicted molar refractivity (Wildman–Crippen MR) is 81.1 cm³/mol. The van der Waals surface area contributed by atoms with E-state index in [4.69, 9.17) is 0 Å². The molecule has 0 radical (unpaired) electrons. The summed E-state index contributed by atoms with van der Waals surface area (Å²) in [5.41, 5.74) is 4.08. The summed E-state index contributed by atoms with van der Waals surface area (Å²) in [6.45, 7) is 0.688. The molecule has 3 nitrogen and oxygen atoms in total. The van der Waals surface area contributed by atoms with Crippen LogP contribution < -0.4 is 5.32 Å². The Labute approximate surface area is 116 Å². The van der Waals surface area contributed by atoms with Gasteiger partial charge in [-0.25, -0.2) is 0 Å². The molecule has 20 heavy (non-hydrogen) atoms. The van der Waals surface area contributed by atoms with E-state index < -0.39 is 0 Å². The van der Waals surface area contributed by atoms with Crippen molar-refractivity contribution in [2.45, 2.75) is 6.42 Å². The minimum Gasteiger partial charge on any atom is -0.383 e. The average molecular weight is 262 g/mol. The molecule has 1 aromatic heterocycles. The molecule has 0 saturated heterocycles. The van der Waals surface area contributed by atoms with Crippen LogP contribution in [0.4, 0.5) is 5.69 Å². The van der Waals surface area contributed by atoms with Gasteiger partial charge in [-0.05, 0) is 17.7 Å². The minimum atomic E-state index is 0.149. The minimum absolute atomic E-state index is 0.149. The SMILES string of the molecule is O=C1CCNc2cccc3cc(-c4ccccc4)n1c23. The molecule has 0 spiro atoms. The number of nitrogens with one attached hydrogen (secondary N) is 1. The fraction of sp³-hybridized carbons (Fsp3) is 0.118. The first kappa shape index (κ1) is 11.3. The highest BCUT2D eigenvalue weighted by molar-refractivity contribution is 6.04. The van der Waals surface area contributed by atoms with Crippen LogP contribution >= 0.6 is 0 Å². The average Bonchev–Trinajstić information content (AvgIpc) is 2.79. The maximum absolute atomic E-state index is 12.5. The zero-order valence-electron chi connectivity index (χ0n) is 11.0. The molecule has 0 atom stereocenters. The van der Waals surface area contributed by atoms with Gasteiger partial charge in [0.2, 0.25) is 5.91 Å². The Morgan fingerprint density at radius 3 is 2.70 bits per heavy atom. The lowest BCUT2D eigenvalue weighted by atomic mass is 10.1. The van der Waals surface area contributed by atoms with E-state index in [9.17, 15) is 4.79 Å². The van der Waals surface area contributed by atoms with Crippen LogP contribution in [0.2, 0.25) is 0 Å². The Morgan fingerprint density at radius 2 is 1.85 bits per heavy atom. The van der Waals surface area contributed by atoms with Crippen molar-refractivity contribution >= 4 is 22.5 Å². The third-order valence-electron chi connectivity index (χ3n) is 3.80. The van der Waals surface area contributed by atoms with E-state index in [1.165, 1.54) is 0 Å². The molecule has 0 saturated carbocycles. The number of hydrogen-bond acceptors (Lipinski definition) is 2. The monoisotopic (exact) mass is 262 g/mol. The fourth-order valence-corrected chi connectivity index (χ4v) is 2.90. The van der Waals surface area contributed by atoms with Crippen LogP contribution in [-0.2, 0) is 0 Å². The topological polar surface area (TPSA) is 34.0 Å². The molecule has 1 aliphatic rings. The maximum atomic E-state index is 12.5. The number of carbonyl (C=O) groups is 1. The van der Waals surface area contributed by atoms with E-state index in [-0.39, 0.29) is 5.91 Å². The highest BCUT2D eigenvalue weighted by Crippen LogP contribution is 2.34. The molecule has 0 amide bonds. The number of para-hydroxylation sites is 1. The number of nitrogens with zero attached hydrogens (tertiary/aromatic N) is 1. The zero-order valence-corrected chi connectivity index (χ0v) is 11.0. The summed E-state index contributed by atoms with van der Waals surface area (Å²) in [6.07, 6.45) is 0.512. The van der Waals surface area contributed by atoms with E-state index in [2.05, 4.69) is 17.4 Å². The van der Waals surface area contributed by atoms with Crippen molar-refractivity contribution in [3.05, 3.63) is 54.6 Å². The highest BCUT2D eigenvalue weighted by atomic mass is 16.2. The molecule has 3 aromatic rings. The van der Waals surface area contributed by atoms with Crippen LogP contribution in [0.25, 0.3) is 22.2 Å². The quantitative estimate of drug-likeness (QED) is 0.724. The molecule has 2 heterocycles. The van der Waals surface area contributed by atoms with E-state index in [1.807, 2.05) is 47.0 Å². The van der Waals surface area contributed by atoms with Gasteiger partial charge in [0, 0.05) is 18.4 Å². The van der Waals surface area contributed by atoms with Gasteiger partial charge in [0.05, 0.1) is 16.9 Å². The molecule has 0 aliphatic carbocycles. The molecular formula is C17H14N2O. The largest absolute Gasteiger partial charge is 0.383 e. The van der Waals surface area contributed by atoms with Gasteiger partial charge < -0.3 is 5.32 Å². The van der Waals surface area contributed by atoms with Crippen LogP contribution in [0.15, 0.2) is 54.6 Å². The van der Waals surface area contributed by atoms with Gasteiger partial charge in [-0.1, -0.05) is 42.5 Å². The number of benzene rings is 2. The lowest BCUT2D eigenvalue weighted by Crippen LogP contribution is -2.12. The van der Waals surface area contributed by atoms with Crippen molar-refractivity contribution in [1.29, 1.82) is 0 Å². The molecule has 0 fully saturated rings. The number of anilines is 1. The van der Waals surface area contributed by atoms with Crippen molar-refractivity contribution in [2.24, 2.45) is 0 Å². The highest BCUT2D eigenvalue weighted by Gasteiger charge is 2.20. The Bertz CT molecular complexity index is 802. The van der Waals surface area contributed by atoms with E-state index in [1.54, 1.807) is 0 Å². The Balaban J connectivity index is 2.10. The molecule has 1 aliphatic heterocycles. The lowest BCUT2D eigenvalue weighted by molar-refractivity contribution is 0.0916. The summed E-state index contributed by atoms with van der Waals surface area (Å²) in [5, 5.41) is 4.44. The summed E-state index contributed by atoms with van der Waals surface area (Å²) in [5.74, 6) is 0.149. The van der Waals surface area contributed by atoms with Gasteiger partial charge in [-0.3, -0.25) is 9.36 Å². The van der Waals surface area contributed by atoms with E-state index in [0.29, 0.717) is 13.0 Å². The maximum Gasteiger partial charge on any atom is 0.233 e. The number of aromatic nitrogens is 1. The van der Waals surface area contributed by atoms with Crippen LogP contribution in [0.1, 0.15) is 11.2 Å². The van der Waals surface area contributed by atoms with Gasteiger partial charge in [0.25, 0.3) is 0 Å². The molecule has 3 heteroatoms. The predicted octanol–water partition coefficient (Wildman–Crippen LogP) is 3.76. The molecule has 1 N–H and O–H groups in total. The molecule has 0 unspecified atom stereocenters. The summed E-state index contributed by atoms with van der Waals surface area (Å²) in [6, 6.07) is 18.3. The van der Waals surface area contributed by atoms with Crippen molar-refractivity contribution in [3.63, 3.8) is 0 Å². The first-order valence-corrected chi connectivity index (χ1v) is 6.81. The van der Waals surface area contributed by atoms with Gasteiger partial charge in [-0.15, -0.1) is 0 Å². The van der Waals surface area contributed by atoms with Gasteiger partial charge in [0.1, 0.15) is 0 Å². The molecule has 0 bridgehead atoms. The van der Waals surface area contributed by atoms with Gasteiger partial charge >= 0.3 is 0 Å². The molecule has 2 aromatic carbocycles. The second kappa shape index (κ2) is 4.23. The van der Waals surface area contributed by atoms with E-state index in [0.717, 1.165) is 27.8 Å². The van der Waals surface area contributed by atoms with Gasteiger partial charge in [-0.2, -0.15) is 0 Å². The molecular weight excluding hydrogens is 248 g/mol. The first-order valence-electron chi connectivity index (χ1n) is 6.81. The smallest absolute Gasteiger partial charge is 0.233 e. The van der Waals surface area contributed by atoms with Crippen LogP contribution in [-0.4, -0.2) is 17.0 Å². The lowest BCUT2D eigenvalue weighted by Gasteiger charge is -2.07. The van der Waals surface area contributed by atoms with Gasteiger partial charge in [0.15, 0.2) is 0 Å². The van der Waals surface area contributed by atoms with Crippen LogP contribution in [0, 0.1) is 0 Å². The second-order valence-corrected chi connectivity index (χ2v) is 5.04. The third-order valence-corrected chi connectivity index (χ3v) is 3.80. The van der Waals surface area contributed by atoms with Crippen molar-refractivity contribution in [1.82, 2.24) is 4.57 Å². The Kier molecular flexibility index (Phi) is 2.39. The third kappa shape index (κ3) is 1.56. The van der Waals surface area contributed by atoms with Crippen molar-refractivity contribution < 1.29 is 4.79 Å². The Hall–Kier alpha value is -2.55. The first-order chi connectivity index (χ1) is 9.84. The van der Waals surface area contributed by atoms with Crippen molar-refractivity contribution in [2.75, 3.05) is 11.9 Å². The standard InChI is InChI=1S/C17H14N2O/c20-16-9-10-18-14-8-4-7-13-11-15(19(16)17(13)14)12-5-2-1-3-6-12/h1-8,11,18H,9-10H2. The van der Waals surface area contributed by atoms with Crippen molar-refractivity contribution in [3.8, 4) is 11.3 Å². The fourth-order valence-electron chi connectivity index (χ4n) is 2.90. The van der Waals surface area contributed by atoms with E-state index >= 15 is 0 Å².